The van der Waals surface area contributed by atoms with E-state index in [2.05, 4.69) is 62.9 Å². The van der Waals surface area contributed by atoms with Crippen LogP contribution in [0.4, 0.5) is 5.69 Å². The number of furan rings is 1. The molecule has 5 rings (SSSR count). The molecule has 2 amide bonds. The van der Waals surface area contributed by atoms with Crippen molar-refractivity contribution in [3.63, 3.8) is 0 Å². The zero-order valence-electron chi connectivity index (χ0n) is 22.0. The summed E-state index contributed by atoms with van der Waals surface area (Å²) < 4.78 is 5.27. The van der Waals surface area contributed by atoms with E-state index < -0.39 is 5.54 Å². The molecule has 1 unspecified atom stereocenters. The Bertz CT molecular complexity index is 1290. The van der Waals surface area contributed by atoms with Crippen molar-refractivity contribution in [2.45, 2.75) is 45.1 Å². The lowest BCUT2D eigenvalue weighted by Crippen LogP contribution is -2.59. The van der Waals surface area contributed by atoms with Gasteiger partial charge < -0.3 is 14.2 Å². The minimum Gasteiger partial charge on any atom is -0.459 e. The third-order valence-electron chi connectivity index (χ3n) is 7.86. The summed E-state index contributed by atoms with van der Waals surface area (Å²) in [6.07, 6.45) is 2.30. The predicted octanol–water partition coefficient (Wildman–Crippen LogP) is 5.52. The van der Waals surface area contributed by atoms with Crippen LogP contribution in [0.2, 0.25) is 5.02 Å². The molecule has 37 heavy (non-hydrogen) atoms. The molecule has 2 aromatic carbocycles. The second-order valence-electron chi connectivity index (χ2n) is 11.1. The first kappa shape index (κ1) is 25.6. The van der Waals surface area contributed by atoms with Gasteiger partial charge in [-0.05, 0) is 74.2 Å². The zero-order valence-corrected chi connectivity index (χ0v) is 22.7. The molecule has 0 radical (unpaired) electrons. The van der Waals surface area contributed by atoms with Crippen molar-refractivity contribution in [2.75, 3.05) is 37.6 Å². The molecule has 1 fully saturated rings. The number of carbonyl (C=O) groups excluding carboxylic acids is 2. The van der Waals surface area contributed by atoms with Gasteiger partial charge in [0.1, 0.15) is 0 Å². The number of amides is 2. The van der Waals surface area contributed by atoms with Crippen LogP contribution in [-0.2, 0) is 10.2 Å². The summed E-state index contributed by atoms with van der Waals surface area (Å²) in [5.74, 6) is 0.343. The Labute approximate surface area is 223 Å². The lowest BCUT2D eigenvalue weighted by Gasteiger charge is -2.52. The fourth-order valence-corrected chi connectivity index (χ4v) is 6.26. The molecule has 1 atom stereocenters. The van der Waals surface area contributed by atoms with Crippen molar-refractivity contribution in [2.24, 2.45) is 0 Å². The van der Waals surface area contributed by atoms with E-state index in [1.807, 2.05) is 17.0 Å². The molecule has 2 aliphatic heterocycles. The summed E-state index contributed by atoms with van der Waals surface area (Å²) in [4.78, 5) is 32.5. The van der Waals surface area contributed by atoms with Gasteiger partial charge in [-0.15, -0.1) is 0 Å². The summed E-state index contributed by atoms with van der Waals surface area (Å²) in [6, 6.07) is 17.9. The summed E-state index contributed by atoms with van der Waals surface area (Å²) >= 11 is 6.20. The normalized spacial score (nSPS) is 21.5. The van der Waals surface area contributed by atoms with E-state index in [4.69, 9.17) is 16.0 Å². The Morgan fingerprint density at radius 3 is 2.32 bits per heavy atom. The number of hydrogen-bond donors (Lipinski definition) is 0. The van der Waals surface area contributed by atoms with Gasteiger partial charge in [-0.1, -0.05) is 42.8 Å². The summed E-state index contributed by atoms with van der Waals surface area (Å²) in [5, 5.41) is 0.717. The number of rotatable bonds is 4. The number of carbonyl (C=O) groups is 2. The molecular weight excluding hydrogens is 486 g/mol. The smallest absolute Gasteiger partial charge is 0.289 e. The molecule has 6 nitrogen and oxygen atoms in total. The first-order chi connectivity index (χ1) is 17.6. The van der Waals surface area contributed by atoms with Crippen LogP contribution in [0.15, 0.2) is 65.3 Å². The molecule has 0 saturated carbocycles. The number of fused-ring (bicyclic) bond motifs is 1. The summed E-state index contributed by atoms with van der Waals surface area (Å²) in [7, 11) is 0. The molecular formula is C30H34ClN3O3. The van der Waals surface area contributed by atoms with Crippen LogP contribution in [0, 0.1) is 6.92 Å². The zero-order chi connectivity index (χ0) is 26.4. The highest BCUT2D eigenvalue weighted by molar-refractivity contribution is 6.30. The van der Waals surface area contributed by atoms with Crippen molar-refractivity contribution in [1.82, 2.24) is 9.80 Å². The van der Waals surface area contributed by atoms with E-state index in [1.165, 1.54) is 11.8 Å². The molecule has 0 spiro atoms. The van der Waals surface area contributed by atoms with Crippen molar-refractivity contribution in [1.29, 1.82) is 0 Å². The predicted molar refractivity (Wildman–Crippen MR) is 146 cm³/mol. The van der Waals surface area contributed by atoms with Crippen molar-refractivity contribution >= 4 is 29.1 Å². The van der Waals surface area contributed by atoms with Gasteiger partial charge in [0.2, 0.25) is 5.91 Å². The Morgan fingerprint density at radius 1 is 0.973 bits per heavy atom. The quantitative estimate of drug-likeness (QED) is 0.455. The van der Waals surface area contributed by atoms with Crippen molar-refractivity contribution in [3.8, 4) is 0 Å². The van der Waals surface area contributed by atoms with Gasteiger partial charge in [0, 0.05) is 47.8 Å². The van der Waals surface area contributed by atoms with Crippen LogP contribution in [0.3, 0.4) is 0 Å². The second kappa shape index (κ2) is 9.66. The standard InChI is InChI=1S/C30H34ClN3O3/c1-21-7-12-24-25(18-21)34(29(2,3)20-30(24,4)22-8-10-23(31)11-9-22)27(35)19-32-13-15-33(16-14-32)28(36)26-6-5-17-37-26/h5-12,17-18H,13-16,19-20H2,1-4H3. The molecule has 0 N–H and O–H groups in total. The SMILES string of the molecule is Cc1ccc2c(c1)N(C(=O)CN1CCN(C(=O)c3ccco3)CC1)C(C)(C)CC2(C)c1ccc(Cl)cc1. The molecule has 1 aromatic heterocycles. The maximum Gasteiger partial charge on any atom is 0.289 e. The molecule has 0 aliphatic carbocycles. The third-order valence-corrected chi connectivity index (χ3v) is 8.11. The molecule has 3 aromatic rings. The largest absolute Gasteiger partial charge is 0.459 e. The van der Waals surface area contributed by atoms with Gasteiger partial charge in [0.05, 0.1) is 12.8 Å². The highest BCUT2D eigenvalue weighted by Gasteiger charge is 2.48. The molecule has 0 bridgehead atoms. The maximum absolute atomic E-state index is 13.9. The highest BCUT2D eigenvalue weighted by Crippen LogP contribution is 2.50. The van der Waals surface area contributed by atoms with E-state index >= 15 is 0 Å². The van der Waals surface area contributed by atoms with Gasteiger partial charge in [-0.2, -0.15) is 0 Å². The fraction of sp³-hybridized carbons (Fsp3) is 0.400. The van der Waals surface area contributed by atoms with Crippen LogP contribution in [0.1, 0.15) is 54.4 Å². The lowest BCUT2D eigenvalue weighted by molar-refractivity contribution is -0.121. The van der Waals surface area contributed by atoms with Crippen LogP contribution in [-0.4, -0.2) is 59.9 Å². The van der Waals surface area contributed by atoms with Gasteiger partial charge in [-0.25, -0.2) is 0 Å². The van der Waals surface area contributed by atoms with E-state index in [1.54, 1.807) is 17.0 Å². The van der Waals surface area contributed by atoms with Crippen LogP contribution < -0.4 is 4.90 Å². The van der Waals surface area contributed by atoms with Gasteiger partial charge in [0.15, 0.2) is 5.76 Å². The van der Waals surface area contributed by atoms with Crippen molar-refractivity contribution < 1.29 is 14.0 Å². The fourth-order valence-electron chi connectivity index (χ4n) is 6.13. The number of piperazine rings is 1. The number of aryl methyl sites for hydroxylation is 1. The number of anilines is 1. The van der Waals surface area contributed by atoms with E-state index in [0.717, 1.165) is 23.2 Å². The molecule has 194 valence electrons. The molecule has 1 saturated heterocycles. The summed E-state index contributed by atoms with van der Waals surface area (Å²) in [5.41, 5.74) is 3.79. The van der Waals surface area contributed by atoms with E-state index in [-0.39, 0.29) is 17.2 Å². The highest BCUT2D eigenvalue weighted by atomic mass is 35.5. The van der Waals surface area contributed by atoms with Crippen LogP contribution in [0.25, 0.3) is 0 Å². The number of halogens is 1. The van der Waals surface area contributed by atoms with Gasteiger partial charge in [0.25, 0.3) is 5.91 Å². The molecule has 7 heteroatoms. The monoisotopic (exact) mass is 519 g/mol. The third kappa shape index (κ3) is 4.80. The first-order valence-corrected chi connectivity index (χ1v) is 13.2. The second-order valence-corrected chi connectivity index (χ2v) is 11.6. The number of nitrogens with zero attached hydrogens (tertiary/aromatic N) is 3. The average Bonchev–Trinajstić information content (AvgIpc) is 3.38. The summed E-state index contributed by atoms with van der Waals surface area (Å²) in [6.45, 7) is 11.4. The van der Waals surface area contributed by atoms with Gasteiger partial charge in [-0.3, -0.25) is 14.5 Å². The lowest BCUT2D eigenvalue weighted by atomic mass is 9.65. The minimum absolute atomic E-state index is 0.0841. The van der Waals surface area contributed by atoms with Gasteiger partial charge >= 0.3 is 0 Å². The van der Waals surface area contributed by atoms with Crippen LogP contribution in [0.5, 0.6) is 0 Å². The number of hydrogen-bond acceptors (Lipinski definition) is 4. The van der Waals surface area contributed by atoms with E-state index in [0.29, 0.717) is 43.5 Å². The maximum atomic E-state index is 13.9. The average molecular weight is 520 g/mol. The minimum atomic E-state index is -0.399. The molecule has 2 aliphatic rings. The molecule has 3 heterocycles. The Kier molecular flexibility index (Phi) is 6.67. The van der Waals surface area contributed by atoms with E-state index in [9.17, 15) is 9.59 Å². The first-order valence-electron chi connectivity index (χ1n) is 12.8. The van der Waals surface area contributed by atoms with Crippen LogP contribution >= 0.6 is 11.6 Å². The topological polar surface area (TPSA) is 57.0 Å². The Balaban J connectivity index is 1.38. The van der Waals surface area contributed by atoms with Crippen molar-refractivity contribution in [3.05, 3.63) is 88.3 Å². The Hall–Kier alpha value is -3.09. The Morgan fingerprint density at radius 2 is 1.68 bits per heavy atom. The number of benzene rings is 2.